The lowest BCUT2D eigenvalue weighted by Crippen LogP contribution is -2.37. The minimum absolute atomic E-state index is 0.382. The fourth-order valence-corrected chi connectivity index (χ4v) is 2.63. The van der Waals surface area contributed by atoms with Gasteiger partial charge in [-0.05, 0) is 39.8 Å². The summed E-state index contributed by atoms with van der Waals surface area (Å²) in [7, 11) is 0. The predicted molar refractivity (Wildman–Crippen MR) is 72.4 cm³/mol. The molecular formula is C13H25N5. The molecule has 0 spiro atoms. The van der Waals surface area contributed by atoms with Crippen molar-refractivity contribution in [2.75, 3.05) is 19.6 Å². The van der Waals surface area contributed by atoms with Crippen molar-refractivity contribution in [1.29, 1.82) is 0 Å². The molecule has 0 saturated carbocycles. The second-order valence-corrected chi connectivity index (χ2v) is 5.33. The van der Waals surface area contributed by atoms with Crippen LogP contribution in [0.4, 0.5) is 0 Å². The first kappa shape index (κ1) is 13.5. The van der Waals surface area contributed by atoms with Gasteiger partial charge in [-0.2, -0.15) is 5.10 Å². The van der Waals surface area contributed by atoms with Crippen molar-refractivity contribution < 1.29 is 0 Å². The molecule has 1 atom stereocenters. The maximum Gasteiger partial charge on any atom is 0.141 e. The first-order valence-electron chi connectivity index (χ1n) is 7.05. The molecule has 2 heterocycles. The van der Waals surface area contributed by atoms with E-state index in [-0.39, 0.29) is 0 Å². The van der Waals surface area contributed by atoms with Crippen molar-refractivity contribution in [3.05, 3.63) is 12.2 Å². The van der Waals surface area contributed by atoms with Crippen LogP contribution in [0.3, 0.4) is 0 Å². The molecular weight excluding hydrogens is 226 g/mol. The Kier molecular flexibility index (Phi) is 4.72. The molecule has 1 aromatic rings. The lowest BCUT2D eigenvalue weighted by Gasteiger charge is -2.27. The van der Waals surface area contributed by atoms with Crippen molar-refractivity contribution >= 4 is 0 Å². The van der Waals surface area contributed by atoms with Crippen LogP contribution in [-0.2, 0) is 6.54 Å². The molecule has 1 fully saturated rings. The largest absolute Gasteiger partial charge is 0.315 e. The quantitative estimate of drug-likeness (QED) is 0.831. The van der Waals surface area contributed by atoms with Crippen LogP contribution < -0.4 is 5.32 Å². The number of nitrogens with zero attached hydrogens (tertiary/aromatic N) is 4. The van der Waals surface area contributed by atoms with E-state index in [0.717, 1.165) is 32.0 Å². The van der Waals surface area contributed by atoms with Crippen LogP contribution in [0.25, 0.3) is 0 Å². The summed E-state index contributed by atoms with van der Waals surface area (Å²) in [5, 5.41) is 7.76. The van der Waals surface area contributed by atoms with E-state index < -0.39 is 0 Å². The molecule has 102 valence electrons. The Bertz CT molecular complexity index is 354. The summed E-state index contributed by atoms with van der Waals surface area (Å²) in [6.45, 7) is 10.8. The minimum atomic E-state index is 0.382. The van der Waals surface area contributed by atoms with Crippen LogP contribution in [0.15, 0.2) is 6.33 Å². The molecule has 1 saturated heterocycles. The van der Waals surface area contributed by atoms with Gasteiger partial charge in [0, 0.05) is 18.6 Å². The average molecular weight is 251 g/mol. The van der Waals surface area contributed by atoms with Gasteiger partial charge in [0.1, 0.15) is 12.2 Å². The Morgan fingerprint density at radius 1 is 1.56 bits per heavy atom. The van der Waals surface area contributed by atoms with Crippen LogP contribution in [0.1, 0.15) is 45.5 Å². The maximum atomic E-state index is 4.42. The van der Waals surface area contributed by atoms with Crippen molar-refractivity contribution in [2.24, 2.45) is 0 Å². The molecule has 0 amide bonds. The van der Waals surface area contributed by atoms with E-state index in [1.165, 1.54) is 12.8 Å². The normalized spacial score (nSPS) is 20.2. The zero-order valence-corrected chi connectivity index (χ0v) is 11.8. The number of rotatable bonds is 6. The van der Waals surface area contributed by atoms with Gasteiger partial charge in [0.2, 0.25) is 0 Å². The van der Waals surface area contributed by atoms with Crippen LogP contribution >= 0.6 is 0 Å². The van der Waals surface area contributed by atoms with E-state index in [9.17, 15) is 0 Å². The van der Waals surface area contributed by atoms with Crippen LogP contribution in [0, 0.1) is 0 Å². The van der Waals surface area contributed by atoms with Gasteiger partial charge in [-0.25, -0.2) is 9.67 Å². The molecule has 2 rings (SSSR count). The van der Waals surface area contributed by atoms with Crippen molar-refractivity contribution in [2.45, 2.75) is 52.2 Å². The number of nitrogens with one attached hydrogen (secondary N) is 1. The van der Waals surface area contributed by atoms with Crippen molar-refractivity contribution in [1.82, 2.24) is 25.0 Å². The maximum absolute atomic E-state index is 4.42. The molecule has 5 nitrogen and oxygen atoms in total. The van der Waals surface area contributed by atoms with Gasteiger partial charge in [0.15, 0.2) is 0 Å². The van der Waals surface area contributed by atoms with Crippen LogP contribution in [0.2, 0.25) is 0 Å². The topological polar surface area (TPSA) is 46.0 Å². The zero-order chi connectivity index (χ0) is 13.0. The third-order valence-electron chi connectivity index (χ3n) is 3.54. The molecule has 5 heteroatoms. The summed E-state index contributed by atoms with van der Waals surface area (Å²) in [6.07, 6.45) is 4.11. The van der Waals surface area contributed by atoms with E-state index in [4.69, 9.17) is 0 Å². The van der Waals surface area contributed by atoms with Gasteiger partial charge in [0.25, 0.3) is 0 Å². The smallest absolute Gasteiger partial charge is 0.141 e. The van der Waals surface area contributed by atoms with Crippen molar-refractivity contribution in [3.63, 3.8) is 0 Å². The number of hydrogen-bond acceptors (Lipinski definition) is 4. The monoisotopic (exact) mass is 251 g/mol. The van der Waals surface area contributed by atoms with Gasteiger partial charge >= 0.3 is 0 Å². The Labute approximate surface area is 110 Å². The fourth-order valence-electron chi connectivity index (χ4n) is 2.63. The molecule has 1 N–H and O–H groups in total. The number of aromatic nitrogens is 3. The molecule has 1 aliphatic heterocycles. The van der Waals surface area contributed by atoms with Crippen LogP contribution in [0.5, 0.6) is 0 Å². The molecule has 0 radical (unpaired) electrons. The molecule has 0 bridgehead atoms. The molecule has 18 heavy (non-hydrogen) atoms. The highest BCUT2D eigenvalue weighted by atomic mass is 15.4. The molecule has 1 unspecified atom stereocenters. The van der Waals surface area contributed by atoms with E-state index in [1.54, 1.807) is 6.33 Å². The number of hydrogen-bond donors (Lipinski definition) is 1. The summed E-state index contributed by atoms with van der Waals surface area (Å²) in [5.74, 6) is 1.09. The SMILES string of the molecule is CCCN(Cc1ncnn1C(C)C)C1CCNC1. The highest BCUT2D eigenvalue weighted by molar-refractivity contribution is 4.90. The Hall–Kier alpha value is -0.940. The Balaban J connectivity index is 2.05. The second-order valence-electron chi connectivity index (χ2n) is 5.33. The Morgan fingerprint density at radius 3 is 3.00 bits per heavy atom. The summed E-state index contributed by atoms with van der Waals surface area (Å²) >= 11 is 0. The molecule has 0 aliphatic carbocycles. The van der Waals surface area contributed by atoms with Gasteiger partial charge in [-0.3, -0.25) is 4.90 Å². The zero-order valence-electron chi connectivity index (χ0n) is 11.8. The highest BCUT2D eigenvalue weighted by Crippen LogP contribution is 2.14. The fraction of sp³-hybridized carbons (Fsp3) is 0.846. The lowest BCUT2D eigenvalue weighted by atomic mass is 10.2. The average Bonchev–Trinajstić information content (AvgIpc) is 2.99. The lowest BCUT2D eigenvalue weighted by molar-refractivity contribution is 0.190. The van der Waals surface area contributed by atoms with E-state index in [2.05, 4.69) is 41.1 Å². The molecule has 1 aromatic heterocycles. The first-order valence-corrected chi connectivity index (χ1v) is 7.05. The summed E-state index contributed by atoms with van der Waals surface area (Å²) < 4.78 is 2.03. The van der Waals surface area contributed by atoms with Gasteiger partial charge in [0.05, 0.1) is 6.54 Å². The van der Waals surface area contributed by atoms with Gasteiger partial charge in [-0.15, -0.1) is 0 Å². The van der Waals surface area contributed by atoms with Gasteiger partial charge < -0.3 is 5.32 Å². The second kappa shape index (κ2) is 6.29. The summed E-state index contributed by atoms with van der Waals surface area (Å²) in [4.78, 5) is 6.97. The third-order valence-corrected chi connectivity index (χ3v) is 3.54. The van der Waals surface area contributed by atoms with Crippen molar-refractivity contribution in [3.8, 4) is 0 Å². The minimum Gasteiger partial charge on any atom is -0.315 e. The third kappa shape index (κ3) is 3.09. The first-order chi connectivity index (χ1) is 8.72. The van der Waals surface area contributed by atoms with Gasteiger partial charge in [-0.1, -0.05) is 6.92 Å². The van der Waals surface area contributed by atoms with E-state index >= 15 is 0 Å². The van der Waals surface area contributed by atoms with E-state index in [0.29, 0.717) is 12.1 Å². The Morgan fingerprint density at radius 2 is 2.39 bits per heavy atom. The van der Waals surface area contributed by atoms with Crippen LogP contribution in [-0.4, -0.2) is 45.3 Å². The standard InChI is InChI=1S/C13H25N5/c1-4-7-17(12-5-6-14-8-12)9-13-15-10-16-18(13)11(2)3/h10-12,14H,4-9H2,1-3H3. The molecule has 1 aliphatic rings. The predicted octanol–water partition coefficient (Wildman–Crippen LogP) is 1.43. The summed E-state index contributed by atoms with van der Waals surface area (Å²) in [5.41, 5.74) is 0. The highest BCUT2D eigenvalue weighted by Gasteiger charge is 2.23. The molecule has 0 aromatic carbocycles. The van der Waals surface area contributed by atoms with E-state index in [1.807, 2.05) is 4.68 Å². The summed E-state index contributed by atoms with van der Waals surface area (Å²) in [6, 6.07) is 1.04.